The highest BCUT2D eigenvalue weighted by molar-refractivity contribution is 5.67. The molecule has 0 saturated heterocycles. The molecule has 0 bridgehead atoms. The molecule has 1 rings (SSSR count). The molecule has 0 aliphatic heterocycles. The summed E-state index contributed by atoms with van der Waals surface area (Å²) in [5.41, 5.74) is 1.05. The van der Waals surface area contributed by atoms with Gasteiger partial charge in [-0.3, -0.25) is 4.79 Å². The molecule has 0 aliphatic carbocycles. The van der Waals surface area contributed by atoms with Crippen LogP contribution in [0.4, 0.5) is 0 Å². The molecule has 3 nitrogen and oxygen atoms in total. The minimum Gasteiger partial charge on any atom is -0.497 e. The first-order valence-electron chi connectivity index (χ1n) is 5.78. The molecule has 94 valence electrons. The fraction of sp³-hybridized carbons (Fsp3) is 0.500. The first kappa shape index (κ1) is 13.6. The van der Waals surface area contributed by atoms with Crippen LogP contribution in [-0.2, 0) is 11.2 Å². The molecule has 0 radical (unpaired) electrons. The number of hydrogen-bond acceptors (Lipinski definition) is 2. The van der Waals surface area contributed by atoms with Gasteiger partial charge in [0.05, 0.1) is 13.5 Å². The van der Waals surface area contributed by atoms with Crippen LogP contribution in [0.1, 0.15) is 32.3 Å². The Morgan fingerprint density at radius 2 is 1.88 bits per heavy atom. The van der Waals surface area contributed by atoms with Gasteiger partial charge in [-0.1, -0.05) is 26.0 Å². The average molecular weight is 236 g/mol. The first-order chi connectivity index (χ1) is 7.93. The lowest BCUT2D eigenvalue weighted by atomic mass is 9.83. The van der Waals surface area contributed by atoms with Gasteiger partial charge in [0.1, 0.15) is 5.75 Å². The number of carboxylic acid groups (broad SMARTS) is 1. The Balaban J connectivity index is 2.51. The number of carbonyl (C=O) groups is 1. The van der Waals surface area contributed by atoms with Crippen LogP contribution >= 0.6 is 0 Å². The number of aryl methyl sites for hydroxylation is 1. The lowest BCUT2D eigenvalue weighted by molar-refractivity contribution is -0.139. The standard InChI is InChI=1S/C14H20O3/c1-14(2,10-13(15)16)9-8-11-4-6-12(17-3)7-5-11/h4-7H,8-10H2,1-3H3,(H,15,16). The second-order valence-electron chi connectivity index (χ2n) is 5.08. The van der Waals surface area contributed by atoms with Gasteiger partial charge in [-0.05, 0) is 36.0 Å². The molecule has 1 N–H and O–H groups in total. The van der Waals surface area contributed by atoms with E-state index in [-0.39, 0.29) is 11.8 Å². The highest BCUT2D eigenvalue weighted by Crippen LogP contribution is 2.27. The summed E-state index contributed by atoms with van der Waals surface area (Å²) in [6, 6.07) is 7.91. The van der Waals surface area contributed by atoms with Crippen molar-refractivity contribution in [1.29, 1.82) is 0 Å². The summed E-state index contributed by atoms with van der Waals surface area (Å²) in [6.45, 7) is 3.98. The molecule has 0 atom stereocenters. The van der Waals surface area contributed by atoms with E-state index in [1.807, 2.05) is 38.1 Å². The van der Waals surface area contributed by atoms with Gasteiger partial charge in [-0.25, -0.2) is 0 Å². The largest absolute Gasteiger partial charge is 0.497 e. The second-order valence-corrected chi connectivity index (χ2v) is 5.08. The molecule has 0 aliphatic rings. The highest BCUT2D eigenvalue weighted by Gasteiger charge is 2.21. The average Bonchev–Trinajstić information content (AvgIpc) is 2.25. The van der Waals surface area contributed by atoms with E-state index in [4.69, 9.17) is 9.84 Å². The lowest BCUT2D eigenvalue weighted by Crippen LogP contribution is -2.17. The highest BCUT2D eigenvalue weighted by atomic mass is 16.5. The van der Waals surface area contributed by atoms with E-state index < -0.39 is 5.97 Å². The van der Waals surface area contributed by atoms with Crippen LogP contribution in [0.15, 0.2) is 24.3 Å². The third kappa shape index (κ3) is 4.89. The molecule has 1 aromatic carbocycles. The molecule has 0 heterocycles. The van der Waals surface area contributed by atoms with Gasteiger partial charge >= 0.3 is 5.97 Å². The molecule has 0 amide bonds. The molecule has 3 heteroatoms. The molecule has 17 heavy (non-hydrogen) atoms. The van der Waals surface area contributed by atoms with Crippen LogP contribution in [0.5, 0.6) is 5.75 Å². The van der Waals surface area contributed by atoms with Gasteiger partial charge < -0.3 is 9.84 Å². The quantitative estimate of drug-likeness (QED) is 0.825. The third-order valence-electron chi connectivity index (χ3n) is 2.88. The second kappa shape index (κ2) is 5.71. The molecular formula is C14H20O3. The van der Waals surface area contributed by atoms with Gasteiger partial charge in [0.15, 0.2) is 0 Å². The molecular weight excluding hydrogens is 216 g/mol. The predicted molar refractivity (Wildman–Crippen MR) is 67.3 cm³/mol. The van der Waals surface area contributed by atoms with E-state index in [1.165, 1.54) is 5.56 Å². The van der Waals surface area contributed by atoms with Crippen LogP contribution in [-0.4, -0.2) is 18.2 Å². The van der Waals surface area contributed by atoms with Gasteiger partial charge in [-0.2, -0.15) is 0 Å². The predicted octanol–water partition coefficient (Wildman–Crippen LogP) is 3.13. The van der Waals surface area contributed by atoms with Gasteiger partial charge in [0.2, 0.25) is 0 Å². The molecule has 0 unspecified atom stereocenters. The van der Waals surface area contributed by atoms with Crippen molar-refractivity contribution in [3.8, 4) is 5.75 Å². The van der Waals surface area contributed by atoms with Crippen molar-refractivity contribution in [2.24, 2.45) is 5.41 Å². The number of rotatable bonds is 6. The molecule has 0 fully saturated rings. The van der Waals surface area contributed by atoms with Crippen molar-refractivity contribution in [1.82, 2.24) is 0 Å². The Hall–Kier alpha value is -1.51. The SMILES string of the molecule is COc1ccc(CCC(C)(C)CC(=O)O)cc1. The number of methoxy groups -OCH3 is 1. The summed E-state index contributed by atoms with van der Waals surface area (Å²) >= 11 is 0. The zero-order valence-electron chi connectivity index (χ0n) is 10.7. The van der Waals surface area contributed by atoms with Crippen LogP contribution in [0.25, 0.3) is 0 Å². The maximum absolute atomic E-state index is 10.7. The number of ether oxygens (including phenoxy) is 1. The number of hydrogen-bond donors (Lipinski definition) is 1. The van der Waals surface area contributed by atoms with Crippen molar-refractivity contribution < 1.29 is 14.6 Å². The summed E-state index contributed by atoms with van der Waals surface area (Å²) in [7, 11) is 1.64. The number of carboxylic acids is 1. The zero-order chi connectivity index (χ0) is 12.9. The van der Waals surface area contributed by atoms with E-state index >= 15 is 0 Å². The molecule has 0 spiro atoms. The number of benzene rings is 1. The zero-order valence-corrected chi connectivity index (χ0v) is 10.7. The fourth-order valence-corrected chi connectivity index (χ4v) is 1.77. The Labute approximate surface area is 102 Å². The topological polar surface area (TPSA) is 46.5 Å². The molecule has 0 aromatic heterocycles. The Kier molecular flexibility index (Phi) is 4.55. The van der Waals surface area contributed by atoms with E-state index in [0.717, 1.165) is 18.6 Å². The van der Waals surface area contributed by atoms with E-state index in [9.17, 15) is 4.79 Å². The van der Waals surface area contributed by atoms with E-state index in [0.29, 0.717) is 0 Å². The normalized spacial score (nSPS) is 11.2. The van der Waals surface area contributed by atoms with Crippen LogP contribution in [0.3, 0.4) is 0 Å². The van der Waals surface area contributed by atoms with E-state index in [1.54, 1.807) is 7.11 Å². The van der Waals surface area contributed by atoms with Gasteiger partial charge in [-0.15, -0.1) is 0 Å². The maximum Gasteiger partial charge on any atom is 0.303 e. The summed E-state index contributed by atoms with van der Waals surface area (Å²) in [5.74, 6) is 0.114. The van der Waals surface area contributed by atoms with Crippen molar-refractivity contribution in [2.75, 3.05) is 7.11 Å². The smallest absolute Gasteiger partial charge is 0.303 e. The van der Waals surface area contributed by atoms with E-state index in [2.05, 4.69) is 0 Å². The minimum atomic E-state index is -0.732. The Morgan fingerprint density at radius 1 is 1.29 bits per heavy atom. The van der Waals surface area contributed by atoms with Gasteiger partial charge in [0.25, 0.3) is 0 Å². The van der Waals surface area contributed by atoms with Crippen molar-refractivity contribution in [2.45, 2.75) is 33.1 Å². The summed E-state index contributed by atoms with van der Waals surface area (Å²) < 4.78 is 5.09. The van der Waals surface area contributed by atoms with Crippen LogP contribution in [0.2, 0.25) is 0 Å². The van der Waals surface area contributed by atoms with Crippen molar-refractivity contribution in [3.63, 3.8) is 0 Å². The lowest BCUT2D eigenvalue weighted by Gasteiger charge is -2.22. The fourth-order valence-electron chi connectivity index (χ4n) is 1.77. The molecule has 0 saturated carbocycles. The molecule has 1 aromatic rings. The Morgan fingerprint density at radius 3 is 2.35 bits per heavy atom. The first-order valence-corrected chi connectivity index (χ1v) is 5.78. The van der Waals surface area contributed by atoms with Crippen molar-refractivity contribution in [3.05, 3.63) is 29.8 Å². The van der Waals surface area contributed by atoms with Crippen LogP contribution in [0, 0.1) is 5.41 Å². The maximum atomic E-state index is 10.7. The Bertz CT molecular complexity index is 366. The number of aliphatic carboxylic acids is 1. The third-order valence-corrected chi connectivity index (χ3v) is 2.88. The summed E-state index contributed by atoms with van der Waals surface area (Å²) in [5, 5.41) is 8.80. The van der Waals surface area contributed by atoms with Crippen molar-refractivity contribution >= 4 is 5.97 Å². The van der Waals surface area contributed by atoms with Crippen LogP contribution < -0.4 is 4.74 Å². The van der Waals surface area contributed by atoms with Gasteiger partial charge in [0, 0.05) is 0 Å². The minimum absolute atomic E-state index is 0.161. The summed E-state index contributed by atoms with van der Waals surface area (Å²) in [4.78, 5) is 10.7. The monoisotopic (exact) mass is 236 g/mol. The summed E-state index contributed by atoms with van der Waals surface area (Å²) in [6.07, 6.45) is 1.97.